The van der Waals surface area contributed by atoms with Gasteiger partial charge in [-0.25, -0.2) is 9.78 Å². The molecule has 3 rings (SSSR count). The monoisotopic (exact) mass is 348 g/mol. The number of pyridine rings is 1. The fraction of sp³-hybridized carbons (Fsp3) is 0.190. The highest BCUT2D eigenvalue weighted by atomic mass is 16.5. The van der Waals surface area contributed by atoms with E-state index in [1.165, 1.54) is 6.92 Å². The molecule has 0 saturated carbocycles. The lowest BCUT2D eigenvalue weighted by Crippen LogP contribution is -2.30. The number of benzene rings is 2. The summed E-state index contributed by atoms with van der Waals surface area (Å²) in [6, 6.07) is 15.1. The second-order valence-electron chi connectivity index (χ2n) is 6.34. The topological polar surface area (TPSA) is 82.3 Å². The summed E-state index contributed by atoms with van der Waals surface area (Å²) in [6.45, 7) is 5.49. The van der Waals surface area contributed by atoms with Gasteiger partial charge in [0.1, 0.15) is 0 Å². The van der Waals surface area contributed by atoms with Crippen LogP contribution >= 0.6 is 0 Å². The molecular formula is C21H20N2O3. The van der Waals surface area contributed by atoms with E-state index in [1.807, 2.05) is 44.2 Å². The number of rotatable bonds is 4. The van der Waals surface area contributed by atoms with Crippen LogP contribution in [0.15, 0.2) is 48.5 Å². The number of carbonyl (C=O) groups excluding carboxylic acids is 2. The Morgan fingerprint density at radius 1 is 1.08 bits per heavy atom. The lowest BCUT2D eigenvalue weighted by molar-refractivity contribution is -0.125. The lowest BCUT2D eigenvalue weighted by atomic mass is 9.99. The van der Waals surface area contributed by atoms with Gasteiger partial charge in [-0.15, -0.1) is 0 Å². The standard InChI is InChI=1S/C21H20N2O3/c1-12-8-9-15(13(2)10-12)19-11-17(21(25)26-14(3)20(22)24)16-6-4-5-7-18(16)23-19/h4-11,14H,1-3H3,(H2,22,24)/t14-/m1/s1. The number of primary amides is 1. The average molecular weight is 348 g/mol. The minimum absolute atomic E-state index is 0.360. The molecule has 132 valence electrons. The molecule has 2 N–H and O–H groups in total. The van der Waals surface area contributed by atoms with Gasteiger partial charge in [-0.3, -0.25) is 4.79 Å². The molecule has 5 nitrogen and oxygen atoms in total. The number of ether oxygens (including phenoxy) is 1. The van der Waals surface area contributed by atoms with E-state index in [4.69, 9.17) is 15.5 Å². The number of aryl methyl sites for hydroxylation is 2. The van der Waals surface area contributed by atoms with Gasteiger partial charge in [0.05, 0.1) is 16.8 Å². The first-order valence-corrected chi connectivity index (χ1v) is 8.34. The summed E-state index contributed by atoms with van der Waals surface area (Å²) in [6.07, 6.45) is -1.00. The smallest absolute Gasteiger partial charge is 0.339 e. The zero-order valence-electron chi connectivity index (χ0n) is 14.9. The van der Waals surface area contributed by atoms with E-state index >= 15 is 0 Å². The number of nitrogens with two attached hydrogens (primary N) is 1. The van der Waals surface area contributed by atoms with Crippen LogP contribution in [-0.4, -0.2) is 23.0 Å². The van der Waals surface area contributed by atoms with Crippen LogP contribution < -0.4 is 5.73 Å². The van der Waals surface area contributed by atoms with Crippen molar-refractivity contribution in [2.45, 2.75) is 26.9 Å². The van der Waals surface area contributed by atoms with Crippen LogP contribution in [0.3, 0.4) is 0 Å². The van der Waals surface area contributed by atoms with Crippen LogP contribution in [0.4, 0.5) is 0 Å². The summed E-state index contributed by atoms with van der Waals surface area (Å²) in [5, 5.41) is 0.669. The predicted octanol–water partition coefficient (Wildman–Crippen LogP) is 3.55. The number of fused-ring (bicyclic) bond motifs is 1. The van der Waals surface area contributed by atoms with E-state index in [1.54, 1.807) is 12.1 Å². The van der Waals surface area contributed by atoms with Crippen molar-refractivity contribution in [1.82, 2.24) is 4.98 Å². The summed E-state index contributed by atoms with van der Waals surface area (Å²) in [5.41, 5.74) is 10.1. The van der Waals surface area contributed by atoms with Crippen LogP contribution in [0.1, 0.15) is 28.4 Å². The second kappa shape index (κ2) is 6.96. The number of hydrogen-bond donors (Lipinski definition) is 1. The van der Waals surface area contributed by atoms with Crippen LogP contribution in [0.5, 0.6) is 0 Å². The van der Waals surface area contributed by atoms with Crippen molar-refractivity contribution in [3.8, 4) is 11.3 Å². The van der Waals surface area contributed by atoms with Gasteiger partial charge in [-0.1, -0.05) is 42.0 Å². The fourth-order valence-corrected chi connectivity index (χ4v) is 2.87. The summed E-state index contributed by atoms with van der Waals surface area (Å²) in [7, 11) is 0. The van der Waals surface area contributed by atoms with E-state index in [2.05, 4.69) is 6.07 Å². The van der Waals surface area contributed by atoms with Gasteiger partial charge in [0, 0.05) is 10.9 Å². The zero-order valence-corrected chi connectivity index (χ0v) is 14.9. The molecule has 0 unspecified atom stereocenters. The van der Waals surface area contributed by atoms with E-state index in [9.17, 15) is 9.59 Å². The van der Waals surface area contributed by atoms with Crippen molar-refractivity contribution < 1.29 is 14.3 Å². The van der Waals surface area contributed by atoms with Crippen LogP contribution in [-0.2, 0) is 9.53 Å². The van der Waals surface area contributed by atoms with Crippen molar-refractivity contribution >= 4 is 22.8 Å². The van der Waals surface area contributed by atoms with Crippen molar-refractivity contribution in [3.05, 3.63) is 65.2 Å². The van der Waals surface area contributed by atoms with E-state index in [0.717, 1.165) is 16.7 Å². The number of amides is 1. The molecular weight excluding hydrogens is 328 g/mol. The third-order valence-corrected chi connectivity index (χ3v) is 4.28. The van der Waals surface area contributed by atoms with Crippen LogP contribution in [0.25, 0.3) is 22.2 Å². The molecule has 0 aliphatic heterocycles. The molecule has 2 aromatic carbocycles. The molecule has 0 fully saturated rings. The quantitative estimate of drug-likeness (QED) is 0.731. The van der Waals surface area contributed by atoms with Crippen molar-refractivity contribution in [3.63, 3.8) is 0 Å². The number of esters is 1. The molecule has 1 heterocycles. The molecule has 3 aromatic rings. The third kappa shape index (κ3) is 3.42. The minimum Gasteiger partial charge on any atom is -0.449 e. The van der Waals surface area contributed by atoms with E-state index < -0.39 is 18.0 Å². The first-order chi connectivity index (χ1) is 12.4. The molecule has 0 saturated heterocycles. The Hall–Kier alpha value is -3.21. The van der Waals surface area contributed by atoms with Crippen LogP contribution in [0.2, 0.25) is 0 Å². The Morgan fingerprint density at radius 3 is 2.50 bits per heavy atom. The second-order valence-corrected chi connectivity index (χ2v) is 6.34. The molecule has 0 bridgehead atoms. The SMILES string of the molecule is Cc1ccc(-c2cc(C(=O)O[C@H](C)C(N)=O)c3ccccc3n2)c(C)c1. The molecule has 26 heavy (non-hydrogen) atoms. The highest BCUT2D eigenvalue weighted by molar-refractivity contribution is 6.05. The maximum absolute atomic E-state index is 12.6. The molecule has 0 aliphatic rings. The van der Waals surface area contributed by atoms with Crippen molar-refractivity contribution in [1.29, 1.82) is 0 Å². The normalized spacial score (nSPS) is 12.0. The largest absolute Gasteiger partial charge is 0.449 e. The average Bonchev–Trinajstić information content (AvgIpc) is 2.60. The molecule has 0 spiro atoms. The van der Waals surface area contributed by atoms with Crippen molar-refractivity contribution in [2.24, 2.45) is 5.73 Å². The number of para-hydroxylation sites is 1. The maximum Gasteiger partial charge on any atom is 0.339 e. The van der Waals surface area contributed by atoms with Gasteiger partial charge in [-0.05, 0) is 38.5 Å². The van der Waals surface area contributed by atoms with Crippen LogP contribution in [0, 0.1) is 13.8 Å². The zero-order chi connectivity index (χ0) is 18.8. The predicted molar refractivity (Wildman–Crippen MR) is 101 cm³/mol. The summed E-state index contributed by atoms with van der Waals surface area (Å²) in [5.74, 6) is -1.28. The Balaban J connectivity index is 2.15. The first-order valence-electron chi connectivity index (χ1n) is 8.34. The van der Waals surface area contributed by atoms with E-state index in [0.29, 0.717) is 22.2 Å². The number of carbonyl (C=O) groups is 2. The molecule has 1 aromatic heterocycles. The van der Waals surface area contributed by atoms with Gasteiger partial charge in [-0.2, -0.15) is 0 Å². The van der Waals surface area contributed by atoms with Crippen molar-refractivity contribution in [2.75, 3.05) is 0 Å². The van der Waals surface area contributed by atoms with Gasteiger partial charge in [0.2, 0.25) is 0 Å². The number of hydrogen-bond acceptors (Lipinski definition) is 4. The van der Waals surface area contributed by atoms with Gasteiger partial charge in [0.15, 0.2) is 6.10 Å². The summed E-state index contributed by atoms with van der Waals surface area (Å²) in [4.78, 5) is 28.6. The lowest BCUT2D eigenvalue weighted by Gasteiger charge is -2.13. The first kappa shape index (κ1) is 17.6. The molecule has 1 amide bonds. The molecule has 1 atom stereocenters. The summed E-state index contributed by atoms with van der Waals surface area (Å²) >= 11 is 0. The number of aromatic nitrogens is 1. The van der Waals surface area contributed by atoms with E-state index in [-0.39, 0.29) is 0 Å². The molecule has 0 radical (unpaired) electrons. The Bertz CT molecular complexity index is 1010. The number of nitrogens with zero attached hydrogens (tertiary/aromatic N) is 1. The highest BCUT2D eigenvalue weighted by Crippen LogP contribution is 2.28. The maximum atomic E-state index is 12.6. The Kier molecular flexibility index (Phi) is 4.71. The molecule has 0 aliphatic carbocycles. The minimum atomic E-state index is -1.00. The van der Waals surface area contributed by atoms with Gasteiger partial charge in [0.25, 0.3) is 5.91 Å². The third-order valence-electron chi connectivity index (χ3n) is 4.28. The Labute approximate surface area is 151 Å². The van der Waals surface area contributed by atoms with Gasteiger partial charge < -0.3 is 10.5 Å². The fourth-order valence-electron chi connectivity index (χ4n) is 2.87. The van der Waals surface area contributed by atoms with Gasteiger partial charge >= 0.3 is 5.97 Å². The molecule has 5 heteroatoms. The Morgan fingerprint density at radius 2 is 1.81 bits per heavy atom. The summed E-state index contributed by atoms with van der Waals surface area (Å²) < 4.78 is 5.20. The highest BCUT2D eigenvalue weighted by Gasteiger charge is 2.20.